The topological polar surface area (TPSA) is 65.2 Å². The SMILES string of the molecule is CCOC(=O)Cc1sc(N)nc1-c1ccc(F)cc1. The minimum Gasteiger partial charge on any atom is -0.466 e. The Morgan fingerprint density at radius 3 is 2.74 bits per heavy atom. The monoisotopic (exact) mass is 280 g/mol. The first kappa shape index (κ1) is 13.5. The Morgan fingerprint density at radius 2 is 2.11 bits per heavy atom. The van der Waals surface area contributed by atoms with Crippen LogP contribution in [0.25, 0.3) is 11.3 Å². The van der Waals surface area contributed by atoms with Crippen LogP contribution in [-0.4, -0.2) is 17.6 Å². The first-order valence-electron chi connectivity index (χ1n) is 5.77. The van der Waals surface area contributed by atoms with Crippen molar-refractivity contribution in [3.63, 3.8) is 0 Å². The number of nitrogens with two attached hydrogens (primary N) is 1. The van der Waals surface area contributed by atoms with E-state index in [0.29, 0.717) is 17.4 Å². The number of hydrogen-bond donors (Lipinski definition) is 1. The Bertz CT molecular complexity index is 581. The summed E-state index contributed by atoms with van der Waals surface area (Å²) in [5.41, 5.74) is 7.01. The van der Waals surface area contributed by atoms with Gasteiger partial charge in [0.1, 0.15) is 5.82 Å². The lowest BCUT2D eigenvalue weighted by Gasteiger charge is -2.02. The van der Waals surface area contributed by atoms with Gasteiger partial charge in [-0.15, -0.1) is 11.3 Å². The van der Waals surface area contributed by atoms with Crippen LogP contribution in [-0.2, 0) is 16.0 Å². The van der Waals surface area contributed by atoms with E-state index in [1.165, 1.54) is 23.5 Å². The predicted molar refractivity (Wildman–Crippen MR) is 72.3 cm³/mol. The van der Waals surface area contributed by atoms with Crippen molar-refractivity contribution in [3.05, 3.63) is 35.0 Å². The molecule has 100 valence electrons. The molecule has 0 radical (unpaired) electrons. The summed E-state index contributed by atoms with van der Waals surface area (Å²) in [6, 6.07) is 5.91. The number of nitrogen functional groups attached to an aromatic ring is 1. The molecule has 0 bridgehead atoms. The van der Waals surface area contributed by atoms with Crippen LogP contribution in [0.5, 0.6) is 0 Å². The number of halogens is 1. The highest BCUT2D eigenvalue weighted by molar-refractivity contribution is 7.15. The van der Waals surface area contributed by atoms with Crippen LogP contribution in [0.3, 0.4) is 0 Å². The molecule has 1 aromatic heterocycles. The fraction of sp³-hybridized carbons (Fsp3) is 0.231. The predicted octanol–water partition coefficient (Wildman–Crippen LogP) is 2.64. The third-order valence-electron chi connectivity index (χ3n) is 2.44. The molecule has 0 unspecified atom stereocenters. The molecule has 6 heteroatoms. The molecule has 0 aliphatic heterocycles. The van der Waals surface area contributed by atoms with Gasteiger partial charge in [0.25, 0.3) is 0 Å². The van der Waals surface area contributed by atoms with E-state index < -0.39 is 0 Å². The quantitative estimate of drug-likeness (QED) is 0.874. The maximum absolute atomic E-state index is 12.9. The third kappa shape index (κ3) is 3.29. The van der Waals surface area contributed by atoms with E-state index in [9.17, 15) is 9.18 Å². The second-order valence-corrected chi connectivity index (χ2v) is 4.93. The van der Waals surface area contributed by atoms with E-state index in [-0.39, 0.29) is 18.2 Å². The van der Waals surface area contributed by atoms with E-state index in [2.05, 4.69) is 4.98 Å². The lowest BCUT2D eigenvalue weighted by molar-refractivity contribution is -0.142. The van der Waals surface area contributed by atoms with Crippen LogP contribution < -0.4 is 5.73 Å². The van der Waals surface area contributed by atoms with Crippen LogP contribution in [0.1, 0.15) is 11.8 Å². The number of nitrogens with zero attached hydrogens (tertiary/aromatic N) is 1. The largest absolute Gasteiger partial charge is 0.466 e. The second kappa shape index (κ2) is 5.79. The highest BCUT2D eigenvalue weighted by atomic mass is 32.1. The molecule has 0 saturated heterocycles. The Morgan fingerprint density at radius 1 is 1.42 bits per heavy atom. The smallest absolute Gasteiger partial charge is 0.311 e. The number of esters is 1. The van der Waals surface area contributed by atoms with Gasteiger partial charge in [-0.1, -0.05) is 0 Å². The zero-order chi connectivity index (χ0) is 13.8. The summed E-state index contributed by atoms with van der Waals surface area (Å²) in [5, 5.41) is 0.374. The number of carbonyl (C=O) groups is 1. The maximum Gasteiger partial charge on any atom is 0.311 e. The summed E-state index contributed by atoms with van der Waals surface area (Å²) in [6.45, 7) is 2.08. The fourth-order valence-electron chi connectivity index (χ4n) is 1.67. The number of thiazole rings is 1. The van der Waals surface area contributed by atoms with E-state index >= 15 is 0 Å². The van der Waals surface area contributed by atoms with E-state index in [0.717, 1.165) is 10.4 Å². The molecule has 19 heavy (non-hydrogen) atoms. The van der Waals surface area contributed by atoms with Crippen LogP contribution >= 0.6 is 11.3 Å². The Kier molecular flexibility index (Phi) is 4.11. The number of benzene rings is 1. The fourth-order valence-corrected chi connectivity index (χ4v) is 2.51. The molecule has 0 atom stereocenters. The summed E-state index contributed by atoms with van der Waals surface area (Å²) < 4.78 is 17.8. The molecule has 0 aliphatic carbocycles. The molecule has 1 heterocycles. The van der Waals surface area contributed by atoms with E-state index in [1.807, 2.05) is 0 Å². The van der Waals surface area contributed by atoms with Gasteiger partial charge in [-0.2, -0.15) is 0 Å². The zero-order valence-corrected chi connectivity index (χ0v) is 11.2. The standard InChI is InChI=1S/C13H13FN2O2S/c1-2-18-11(17)7-10-12(16-13(15)19-10)8-3-5-9(14)6-4-8/h3-6H,2,7H2,1H3,(H2,15,16). The molecule has 0 aliphatic rings. The number of carbonyl (C=O) groups excluding carboxylic acids is 1. The van der Waals surface area contributed by atoms with Gasteiger partial charge in [0, 0.05) is 10.4 Å². The van der Waals surface area contributed by atoms with E-state index in [4.69, 9.17) is 10.5 Å². The van der Waals surface area contributed by atoms with Crippen LogP contribution in [0.15, 0.2) is 24.3 Å². The van der Waals surface area contributed by atoms with Crippen molar-refractivity contribution in [1.82, 2.24) is 4.98 Å². The molecule has 0 fully saturated rings. The van der Waals surface area contributed by atoms with Crippen LogP contribution in [0.4, 0.5) is 9.52 Å². The van der Waals surface area contributed by atoms with Gasteiger partial charge in [0.15, 0.2) is 5.13 Å². The number of ether oxygens (including phenoxy) is 1. The van der Waals surface area contributed by atoms with Gasteiger partial charge in [0.2, 0.25) is 0 Å². The molecule has 2 rings (SSSR count). The first-order valence-corrected chi connectivity index (χ1v) is 6.58. The molecule has 1 aromatic carbocycles. The highest BCUT2D eigenvalue weighted by Crippen LogP contribution is 2.30. The summed E-state index contributed by atoms with van der Waals surface area (Å²) in [4.78, 5) is 16.4. The van der Waals surface area contributed by atoms with Gasteiger partial charge in [-0.3, -0.25) is 4.79 Å². The van der Waals surface area contributed by atoms with E-state index in [1.54, 1.807) is 19.1 Å². The van der Waals surface area contributed by atoms with Gasteiger partial charge < -0.3 is 10.5 Å². The summed E-state index contributed by atoms with van der Waals surface area (Å²) in [6.07, 6.45) is 0.120. The lowest BCUT2D eigenvalue weighted by Crippen LogP contribution is -2.07. The van der Waals surface area contributed by atoms with Gasteiger partial charge in [-0.25, -0.2) is 9.37 Å². The number of hydrogen-bond acceptors (Lipinski definition) is 5. The molecule has 2 N–H and O–H groups in total. The van der Waals surface area contributed by atoms with Crippen molar-refractivity contribution in [2.45, 2.75) is 13.3 Å². The lowest BCUT2D eigenvalue weighted by atomic mass is 10.1. The summed E-state index contributed by atoms with van der Waals surface area (Å²) >= 11 is 1.24. The average molecular weight is 280 g/mol. The van der Waals surface area contributed by atoms with Crippen molar-refractivity contribution in [2.75, 3.05) is 12.3 Å². The molecule has 0 amide bonds. The first-order chi connectivity index (χ1) is 9.10. The summed E-state index contributed by atoms with van der Waals surface area (Å²) in [7, 11) is 0. The zero-order valence-electron chi connectivity index (χ0n) is 10.4. The molecule has 4 nitrogen and oxygen atoms in total. The molecular weight excluding hydrogens is 267 g/mol. The number of aromatic nitrogens is 1. The highest BCUT2D eigenvalue weighted by Gasteiger charge is 2.15. The van der Waals surface area contributed by atoms with Crippen molar-refractivity contribution in [3.8, 4) is 11.3 Å². The van der Waals surface area contributed by atoms with Gasteiger partial charge in [0.05, 0.1) is 18.7 Å². The van der Waals surface area contributed by atoms with Crippen molar-refractivity contribution >= 4 is 22.4 Å². The van der Waals surface area contributed by atoms with Gasteiger partial charge >= 0.3 is 5.97 Å². The third-order valence-corrected chi connectivity index (χ3v) is 3.33. The molecule has 2 aromatic rings. The van der Waals surface area contributed by atoms with Gasteiger partial charge in [-0.05, 0) is 31.2 Å². The van der Waals surface area contributed by atoms with Crippen molar-refractivity contribution in [2.24, 2.45) is 0 Å². The molecule has 0 spiro atoms. The molecular formula is C13H13FN2O2S. The normalized spacial score (nSPS) is 10.4. The van der Waals surface area contributed by atoms with Crippen molar-refractivity contribution in [1.29, 1.82) is 0 Å². The minimum atomic E-state index is -0.325. The second-order valence-electron chi connectivity index (χ2n) is 3.81. The maximum atomic E-state index is 12.9. The number of rotatable bonds is 4. The van der Waals surface area contributed by atoms with Crippen molar-refractivity contribution < 1.29 is 13.9 Å². The summed E-state index contributed by atoms with van der Waals surface area (Å²) in [5.74, 6) is -0.645. The molecule has 0 saturated carbocycles. The van der Waals surface area contributed by atoms with Crippen LogP contribution in [0.2, 0.25) is 0 Å². The Hall–Kier alpha value is -1.95. The number of anilines is 1. The van der Waals surface area contributed by atoms with Crippen LogP contribution in [0, 0.1) is 5.82 Å². The average Bonchev–Trinajstić information content (AvgIpc) is 2.71. The Balaban J connectivity index is 2.30. The Labute approximate surface area is 114 Å². The minimum absolute atomic E-state index is 0.120.